The van der Waals surface area contributed by atoms with Crippen molar-refractivity contribution < 1.29 is 13.5 Å². The maximum atomic E-state index is 12.2. The SMILES string of the molecule is Cc1nnc(NS(=O)(=O)c2ccccc2CO)nc1C. The molecule has 2 N–H and O–H groups in total. The summed E-state index contributed by atoms with van der Waals surface area (Å²) in [5.74, 6) is -0.0964. The molecule has 106 valence electrons. The molecule has 0 aliphatic carbocycles. The molecule has 0 amide bonds. The zero-order chi connectivity index (χ0) is 14.8. The molecule has 2 aromatic rings. The van der Waals surface area contributed by atoms with Crippen LogP contribution < -0.4 is 4.72 Å². The Hall–Kier alpha value is -2.06. The van der Waals surface area contributed by atoms with Gasteiger partial charge in [-0.3, -0.25) is 0 Å². The van der Waals surface area contributed by atoms with Crippen LogP contribution in [0.4, 0.5) is 5.95 Å². The van der Waals surface area contributed by atoms with Crippen molar-refractivity contribution in [2.45, 2.75) is 25.3 Å². The second-order valence-electron chi connectivity index (χ2n) is 4.18. The topological polar surface area (TPSA) is 105 Å². The lowest BCUT2D eigenvalue weighted by Crippen LogP contribution is -2.17. The lowest BCUT2D eigenvalue weighted by atomic mass is 10.2. The van der Waals surface area contributed by atoms with E-state index in [1.165, 1.54) is 12.1 Å². The highest BCUT2D eigenvalue weighted by molar-refractivity contribution is 7.92. The molecule has 1 aromatic carbocycles. The minimum Gasteiger partial charge on any atom is -0.392 e. The van der Waals surface area contributed by atoms with Crippen molar-refractivity contribution in [3.63, 3.8) is 0 Å². The Bertz CT molecular complexity index is 731. The summed E-state index contributed by atoms with van der Waals surface area (Å²) in [5.41, 5.74) is 1.52. The number of hydrogen-bond donors (Lipinski definition) is 2. The van der Waals surface area contributed by atoms with E-state index in [4.69, 9.17) is 0 Å². The maximum absolute atomic E-state index is 12.2. The van der Waals surface area contributed by atoms with Crippen LogP contribution >= 0.6 is 0 Å². The number of aliphatic hydroxyl groups excluding tert-OH is 1. The summed E-state index contributed by atoms with van der Waals surface area (Å²) in [6, 6.07) is 6.17. The average Bonchev–Trinajstić information content (AvgIpc) is 2.42. The minimum atomic E-state index is -3.86. The Labute approximate surface area is 116 Å². The molecule has 20 heavy (non-hydrogen) atoms. The van der Waals surface area contributed by atoms with Crippen molar-refractivity contribution in [3.8, 4) is 0 Å². The van der Waals surface area contributed by atoms with Crippen molar-refractivity contribution >= 4 is 16.0 Å². The Morgan fingerprint density at radius 1 is 1.15 bits per heavy atom. The molecule has 0 saturated heterocycles. The zero-order valence-corrected chi connectivity index (χ0v) is 11.8. The van der Waals surface area contributed by atoms with E-state index in [0.29, 0.717) is 17.0 Å². The summed E-state index contributed by atoms with van der Waals surface area (Å²) in [5, 5.41) is 16.7. The van der Waals surface area contributed by atoms with E-state index >= 15 is 0 Å². The van der Waals surface area contributed by atoms with E-state index < -0.39 is 10.0 Å². The molecule has 0 fully saturated rings. The molecule has 1 heterocycles. The summed E-state index contributed by atoms with van der Waals surface area (Å²) in [6.45, 7) is 3.07. The fourth-order valence-corrected chi connectivity index (χ4v) is 2.74. The van der Waals surface area contributed by atoms with Crippen LogP contribution in [0.3, 0.4) is 0 Å². The molecule has 7 nitrogen and oxygen atoms in total. The first-order valence-corrected chi connectivity index (χ1v) is 7.32. The number of nitrogens with one attached hydrogen (secondary N) is 1. The molecule has 0 atom stereocenters. The number of aryl methyl sites for hydroxylation is 2. The average molecular weight is 294 g/mol. The largest absolute Gasteiger partial charge is 0.392 e. The highest BCUT2D eigenvalue weighted by Gasteiger charge is 2.19. The van der Waals surface area contributed by atoms with Crippen LogP contribution in [0.2, 0.25) is 0 Å². The van der Waals surface area contributed by atoms with Gasteiger partial charge in [-0.25, -0.2) is 18.1 Å². The van der Waals surface area contributed by atoms with Gasteiger partial charge in [-0.15, -0.1) is 5.10 Å². The molecule has 0 saturated carbocycles. The van der Waals surface area contributed by atoms with Crippen molar-refractivity contribution in [1.82, 2.24) is 15.2 Å². The highest BCUT2D eigenvalue weighted by atomic mass is 32.2. The number of sulfonamides is 1. The van der Waals surface area contributed by atoms with Crippen molar-refractivity contribution in [3.05, 3.63) is 41.2 Å². The first kappa shape index (κ1) is 14.4. The van der Waals surface area contributed by atoms with Crippen LogP contribution in [-0.2, 0) is 16.6 Å². The standard InChI is InChI=1S/C12H14N4O3S/c1-8-9(2)14-15-12(13-8)16-20(18,19)11-6-4-3-5-10(11)7-17/h3-6,17H,7H2,1-2H3,(H,13,15,16). The summed E-state index contributed by atoms with van der Waals surface area (Å²) in [6.07, 6.45) is 0. The minimum absolute atomic E-state index is 0.00988. The van der Waals surface area contributed by atoms with Crippen LogP contribution in [0.25, 0.3) is 0 Å². The second kappa shape index (κ2) is 5.51. The molecule has 2 rings (SSSR count). The number of rotatable bonds is 4. The van der Waals surface area contributed by atoms with Crippen molar-refractivity contribution in [1.29, 1.82) is 0 Å². The Morgan fingerprint density at radius 2 is 1.85 bits per heavy atom. The molecular weight excluding hydrogens is 280 g/mol. The molecule has 0 bridgehead atoms. The maximum Gasteiger partial charge on any atom is 0.264 e. The van der Waals surface area contributed by atoms with E-state index in [0.717, 1.165) is 0 Å². The number of nitrogens with zero attached hydrogens (tertiary/aromatic N) is 3. The molecule has 0 spiro atoms. The van der Waals surface area contributed by atoms with Crippen LogP contribution in [0, 0.1) is 13.8 Å². The van der Waals surface area contributed by atoms with Gasteiger partial charge in [-0.05, 0) is 25.5 Å². The van der Waals surface area contributed by atoms with E-state index in [2.05, 4.69) is 19.9 Å². The van der Waals surface area contributed by atoms with Gasteiger partial charge in [-0.1, -0.05) is 18.2 Å². The van der Waals surface area contributed by atoms with Gasteiger partial charge < -0.3 is 5.11 Å². The quantitative estimate of drug-likeness (QED) is 0.863. The zero-order valence-electron chi connectivity index (χ0n) is 11.0. The fourth-order valence-electron chi connectivity index (χ4n) is 1.57. The third-order valence-electron chi connectivity index (χ3n) is 2.75. The summed E-state index contributed by atoms with van der Waals surface area (Å²) in [7, 11) is -3.86. The Balaban J connectivity index is 2.38. The number of hydrogen-bond acceptors (Lipinski definition) is 6. The van der Waals surface area contributed by atoms with Gasteiger partial charge in [0.2, 0.25) is 0 Å². The van der Waals surface area contributed by atoms with Gasteiger partial charge in [0, 0.05) is 0 Å². The number of aromatic nitrogens is 3. The smallest absolute Gasteiger partial charge is 0.264 e. The van der Waals surface area contributed by atoms with Gasteiger partial charge in [0.05, 0.1) is 22.9 Å². The Morgan fingerprint density at radius 3 is 2.50 bits per heavy atom. The predicted molar refractivity (Wildman–Crippen MR) is 72.5 cm³/mol. The number of benzene rings is 1. The molecular formula is C12H14N4O3S. The molecule has 1 aromatic heterocycles. The summed E-state index contributed by atoms with van der Waals surface area (Å²) < 4.78 is 26.7. The summed E-state index contributed by atoms with van der Waals surface area (Å²) in [4.78, 5) is 4.00. The van der Waals surface area contributed by atoms with Crippen LogP contribution in [0.1, 0.15) is 17.0 Å². The lowest BCUT2D eigenvalue weighted by Gasteiger charge is -2.10. The Kier molecular flexibility index (Phi) is 3.96. The van der Waals surface area contributed by atoms with Gasteiger partial charge in [0.15, 0.2) is 0 Å². The monoisotopic (exact) mass is 294 g/mol. The predicted octanol–water partition coefficient (Wildman–Crippen LogP) is 0.782. The van der Waals surface area contributed by atoms with E-state index in [1.807, 2.05) is 0 Å². The molecule has 0 radical (unpaired) electrons. The normalized spacial score (nSPS) is 11.3. The van der Waals surface area contributed by atoms with Gasteiger partial charge >= 0.3 is 0 Å². The lowest BCUT2D eigenvalue weighted by molar-refractivity contribution is 0.278. The fraction of sp³-hybridized carbons (Fsp3) is 0.250. The number of anilines is 1. The number of aliphatic hydroxyl groups is 1. The van der Waals surface area contributed by atoms with Gasteiger partial charge in [0.1, 0.15) is 0 Å². The van der Waals surface area contributed by atoms with E-state index in [-0.39, 0.29) is 17.5 Å². The molecule has 0 aliphatic rings. The second-order valence-corrected chi connectivity index (χ2v) is 5.83. The van der Waals surface area contributed by atoms with Crippen LogP contribution in [0.5, 0.6) is 0 Å². The van der Waals surface area contributed by atoms with Crippen molar-refractivity contribution in [2.24, 2.45) is 0 Å². The van der Waals surface area contributed by atoms with Gasteiger partial charge in [0.25, 0.3) is 16.0 Å². The molecule has 8 heteroatoms. The van der Waals surface area contributed by atoms with Crippen LogP contribution in [-0.4, -0.2) is 28.7 Å². The molecule has 0 unspecified atom stereocenters. The van der Waals surface area contributed by atoms with Crippen molar-refractivity contribution in [2.75, 3.05) is 4.72 Å². The summed E-state index contributed by atoms with van der Waals surface area (Å²) >= 11 is 0. The first-order valence-electron chi connectivity index (χ1n) is 5.83. The highest BCUT2D eigenvalue weighted by Crippen LogP contribution is 2.18. The van der Waals surface area contributed by atoms with Gasteiger partial charge in [-0.2, -0.15) is 5.10 Å². The first-order chi connectivity index (χ1) is 9.44. The third kappa shape index (κ3) is 2.91. The molecule has 0 aliphatic heterocycles. The van der Waals surface area contributed by atoms with E-state index in [9.17, 15) is 13.5 Å². The van der Waals surface area contributed by atoms with E-state index in [1.54, 1.807) is 26.0 Å². The third-order valence-corrected chi connectivity index (χ3v) is 4.18. The van der Waals surface area contributed by atoms with Crippen LogP contribution in [0.15, 0.2) is 29.2 Å².